The van der Waals surface area contributed by atoms with Crippen LogP contribution in [0.25, 0.3) is 5.65 Å². The molecule has 1 fully saturated rings. The molecule has 2 amide bonds. The first kappa shape index (κ1) is 20.7. The largest absolute Gasteiger partial charge is 0.385 e. The molecule has 1 N–H and O–H groups in total. The van der Waals surface area contributed by atoms with Crippen molar-refractivity contribution in [2.45, 2.75) is 19.1 Å². The van der Waals surface area contributed by atoms with Crippen LogP contribution in [-0.2, 0) is 16.6 Å². The molecule has 12 heteroatoms. The van der Waals surface area contributed by atoms with Crippen LogP contribution < -0.4 is 4.90 Å². The lowest BCUT2D eigenvalue weighted by Crippen LogP contribution is -2.57. The smallest absolute Gasteiger partial charge is 0.312 e. The monoisotopic (exact) mass is 427 g/mol. The molecule has 3 aromatic heterocycles. The third-order valence-corrected chi connectivity index (χ3v) is 5.56. The number of carbonyl (C=O) groups excluding carboxylic acids is 2. The number of anilines is 1. The number of carbonyl (C=O) groups is 2. The van der Waals surface area contributed by atoms with Crippen molar-refractivity contribution in [2.24, 2.45) is 7.05 Å². The number of amides is 2. The highest BCUT2D eigenvalue weighted by Crippen LogP contribution is 2.22. The highest BCUT2D eigenvalue weighted by atomic mass is 16.3. The van der Waals surface area contributed by atoms with E-state index >= 15 is 0 Å². The lowest BCUT2D eigenvalue weighted by molar-refractivity contribution is -0.152. The SMILES string of the molecule is CC1CN(C(=O)C(=O)N(C)CC(O)c2ccnn2C)CCN1c1nccn2cnnc12. The quantitative estimate of drug-likeness (QED) is 0.531. The zero-order valence-electron chi connectivity index (χ0n) is 17.7. The summed E-state index contributed by atoms with van der Waals surface area (Å²) in [5, 5.41) is 22.4. The summed E-state index contributed by atoms with van der Waals surface area (Å²) in [5.74, 6) is -0.540. The van der Waals surface area contributed by atoms with Crippen LogP contribution in [0.3, 0.4) is 0 Å². The van der Waals surface area contributed by atoms with Crippen LogP contribution in [0.1, 0.15) is 18.7 Å². The van der Waals surface area contributed by atoms with E-state index in [1.54, 1.807) is 47.3 Å². The summed E-state index contributed by atoms with van der Waals surface area (Å²) >= 11 is 0. The number of nitrogens with zero attached hydrogens (tertiary/aromatic N) is 9. The summed E-state index contributed by atoms with van der Waals surface area (Å²) in [6.07, 6.45) is 5.71. The number of aliphatic hydroxyl groups excluding tert-OH is 1. The third-order valence-electron chi connectivity index (χ3n) is 5.56. The maximum absolute atomic E-state index is 12.8. The van der Waals surface area contributed by atoms with E-state index in [1.807, 2.05) is 6.92 Å². The minimum absolute atomic E-state index is 0.00156. The van der Waals surface area contributed by atoms with Crippen molar-refractivity contribution < 1.29 is 14.7 Å². The summed E-state index contributed by atoms with van der Waals surface area (Å²) in [4.78, 5) is 34.8. The fourth-order valence-electron chi connectivity index (χ4n) is 3.85. The number of aryl methyl sites for hydroxylation is 1. The van der Waals surface area contributed by atoms with E-state index in [-0.39, 0.29) is 12.6 Å². The van der Waals surface area contributed by atoms with Crippen molar-refractivity contribution in [1.82, 2.24) is 39.2 Å². The van der Waals surface area contributed by atoms with Crippen molar-refractivity contribution in [1.29, 1.82) is 0 Å². The van der Waals surface area contributed by atoms with E-state index < -0.39 is 17.9 Å². The van der Waals surface area contributed by atoms with Gasteiger partial charge in [0.2, 0.25) is 5.65 Å². The standard InChI is InChI=1S/C19H25N9O3/c1-13-10-26(8-9-28(13)16-17-23-21-12-27(17)7-6-20-16)19(31)18(30)24(2)11-15(29)14-4-5-22-25(14)3/h4-7,12-13,15,29H,8-11H2,1-3H3. The Kier molecular flexibility index (Phi) is 5.55. The fraction of sp³-hybridized carbons (Fsp3) is 0.474. The normalized spacial score (nSPS) is 17.7. The molecule has 1 aliphatic rings. The second-order valence-corrected chi connectivity index (χ2v) is 7.69. The molecular weight excluding hydrogens is 402 g/mol. The maximum atomic E-state index is 12.8. The van der Waals surface area contributed by atoms with E-state index in [9.17, 15) is 14.7 Å². The topological polar surface area (TPSA) is 125 Å². The second-order valence-electron chi connectivity index (χ2n) is 7.69. The predicted molar refractivity (Wildman–Crippen MR) is 110 cm³/mol. The fourth-order valence-corrected chi connectivity index (χ4v) is 3.85. The lowest BCUT2D eigenvalue weighted by Gasteiger charge is -2.40. The van der Waals surface area contributed by atoms with Gasteiger partial charge in [-0.25, -0.2) is 4.98 Å². The Balaban J connectivity index is 1.39. The number of likely N-dealkylation sites (N-methyl/N-ethyl adjacent to an activating group) is 1. The molecule has 0 spiro atoms. The van der Waals surface area contributed by atoms with Crippen LogP contribution in [0.2, 0.25) is 0 Å². The van der Waals surface area contributed by atoms with Crippen LogP contribution in [-0.4, -0.2) is 95.4 Å². The molecule has 0 radical (unpaired) electrons. The van der Waals surface area contributed by atoms with Gasteiger partial charge in [0.25, 0.3) is 0 Å². The summed E-state index contributed by atoms with van der Waals surface area (Å²) in [5.41, 5.74) is 1.22. The van der Waals surface area contributed by atoms with Gasteiger partial charge in [-0.05, 0) is 13.0 Å². The van der Waals surface area contributed by atoms with Crippen molar-refractivity contribution in [3.63, 3.8) is 0 Å². The minimum Gasteiger partial charge on any atom is -0.385 e. The zero-order valence-corrected chi connectivity index (χ0v) is 17.7. The molecule has 3 aromatic rings. The van der Waals surface area contributed by atoms with Crippen molar-refractivity contribution in [3.8, 4) is 0 Å². The molecule has 0 saturated carbocycles. The Labute approximate surface area is 178 Å². The molecule has 164 valence electrons. The van der Waals surface area contributed by atoms with Gasteiger partial charge >= 0.3 is 11.8 Å². The Morgan fingerprint density at radius 3 is 2.84 bits per heavy atom. The van der Waals surface area contributed by atoms with Crippen molar-refractivity contribution in [3.05, 3.63) is 36.7 Å². The molecule has 1 aliphatic heterocycles. The molecule has 0 aromatic carbocycles. The third kappa shape index (κ3) is 3.93. The molecule has 2 unspecified atom stereocenters. The summed E-state index contributed by atoms with van der Waals surface area (Å²) < 4.78 is 3.33. The number of piperazine rings is 1. The molecule has 12 nitrogen and oxygen atoms in total. The molecule has 4 rings (SSSR count). The van der Waals surface area contributed by atoms with Gasteiger partial charge in [0, 0.05) is 58.4 Å². The molecule has 0 bridgehead atoms. The first-order chi connectivity index (χ1) is 14.9. The molecule has 0 aliphatic carbocycles. The van der Waals surface area contributed by atoms with Crippen molar-refractivity contribution >= 4 is 23.3 Å². The molecule has 1 saturated heterocycles. The van der Waals surface area contributed by atoms with Crippen LogP contribution in [0.4, 0.5) is 5.82 Å². The summed E-state index contributed by atoms with van der Waals surface area (Å²) in [6, 6.07) is 1.61. The van der Waals surface area contributed by atoms with E-state index in [0.717, 1.165) is 0 Å². The number of aromatic nitrogens is 6. The molecule has 2 atom stereocenters. The number of hydrogen-bond acceptors (Lipinski definition) is 8. The number of rotatable bonds is 4. The van der Waals surface area contributed by atoms with Gasteiger partial charge < -0.3 is 19.8 Å². The first-order valence-corrected chi connectivity index (χ1v) is 9.98. The van der Waals surface area contributed by atoms with Crippen LogP contribution in [0.5, 0.6) is 0 Å². The molecular formula is C19H25N9O3. The van der Waals surface area contributed by atoms with E-state index in [4.69, 9.17) is 0 Å². The Hall–Kier alpha value is -3.54. The van der Waals surface area contributed by atoms with Crippen molar-refractivity contribution in [2.75, 3.05) is 38.1 Å². The van der Waals surface area contributed by atoms with Gasteiger partial charge in [0.05, 0.1) is 12.2 Å². The number of fused-ring (bicyclic) bond motifs is 1. The lowest BCUT2D eigenvalue weighted by atomic mass is 10.2. The summed E-state index contributed by atoms with van der Waals surface area (Å²) in [6.45, 7) is 3.24. The summed E-state index contributed by atoms with van der Waals surface area (Å²) in [7, 11) is 3.22. The zero-order chi connectivity index (χ0) is 22.1. The Morgan fingerprint density at radius 2 is 2.13 bits per heavy atom. The van der Waals surface area contributed by atoms with Gasteiger partial charge in [-0.1, -0.05) is 0 Å². The average Bonchev–Trinajstić information content (AvgIpc) is 3.41. The maximum Gasteiger partial charge on any atom is 0.312 e. The predicted octanol–water partition coefficient (Wildman–Crippen LogP) is -0.913. The highest BCUT2D eigenvalue weighted by molar-refractivity contribution is 6.34. The first-order valence-electron chi connectivity index (χ1n) is 9.98. The van der Waals surface area contributed by atoms with Gasteiger partial charge in [-0.2, -0.15) is 5.10 Å². The van der Waals surface area contributed by atoms with E-state index in [0.29, 0.717) is 36.8 Å². The number of aliphatic hydroxyl groups is 1. The highest BCUT2D eigenvalue weighted by Gasteiger charge is 2.33. The van der Waals surface area contributed by atoms with Crippen LogP contribution >= 0.6 is 0 Å². The Morgan fingerprint density at radius 1 is 1.32 bits per heavy atom. The van der Waals surface area contributed by atoms with Gasteiger partial charge in [-0.3, -0.25) is 18.7 Å². The van der Waals surface area contributed by atoms with Gasteiger partial charge in [0.1, 0.15) is 12.4 Å². The molecule has 4 heterocycles. The second kappa shape index (κ2) is 8.30. The van der Waals surface area contributed by atoms with E-state index in [1.165, 1.54) is 16.6 Å². The van der Waals surface area contributed by atoms with Crippen LogP contribution in [0.15, 0.2) is 31.0 Å². The minimum atomic E-state index is -0.931. The van der Waals surface area contributed by atoms with Gasteiger partial charge in [-0.15, -0.1) is 10.2 Å². The Bertz CT molecular complexity index is 1090. The average molecular weight is 427 g/mol. The number of hydrogen-bond donors (Lipinski definition) is 1. The van der Waals surface area contributed by atoms with Crippen LogP contribution in [0, 0.1) is 0 Å². The van der Waals surface area contributed by atoms with E-state index in [2.05, 4.69) is 25.2 Å². The van der Waals surface area contributed by atoms with Gasteiger partial charge in [0.15, 0.2) is 5.82 Å². The molecule has 31 heavy (non-hydrogen) atoms.